The second-order valence-electron chi connectivity index (χ2n) is 7.82. The number of benzene rings is 4. The Morgan fingerprint density at radius 2 is 1.44 bits per heavy atom. The van der Waals surface area contributed by atoms with Crippen molar-refractivity contribution in [3.8, 4) is 22.6 Å². The highest BCUT2D eigenvalue weighted by atomic mass is 32.2. The first-order valence-electron chi connectivity index (χ1n) is 11.2. The number of ether oxygens (including phenoxy) is 2. The molecule has 8 heteroatoms. The van der Waals surface area contributed by atoms with Gasteiger partial charge in [-0.2, -0.15) is 0 Å². The van der Waals surface area contributed by atoms with Crippen LogP contribution in [0.4, 0.5) is 11.4 Å². The van der Waals surface area contributed by atoms with E-state index in [0.717, 1.165) is 15.4 Å². The van der Waals surface area contributed by atoms with Gasteiger partial charge in [0, 0.05) is 17.3 Å². The van der Waals surface area contributed by atoms with Gasteiger partial charge in [0.15, 0.2) is 0 Å². The van der Waals surface area contributed by atoms with Crippen LogP contribution in [0.25, 0.3) is 11.1 Å². The summed E-state index contributed by atoms with van der Waals surface area (Å²) in [6, 6.07) is 29.7. The predicted molar refractivity (Wildman–Crippen MR) is 141 cm³/mol. The van der Waals surface area contributed by atoms with E-state index in [0.29, 0.717) is 11.4 Å². The van der Waals surface area contributed by atoms with Gasteiger partial charge in [-0.05, 0) is 35.9 Å². The summed E-state index contributed by atoms with van der Waals surface area (Å²) in [6.45, 7) is -0.482. The molecule has 0 aliphatic carbocycles. The third-order valence-electron chi connectivity index (χ3n) is 5.56. The first-order valence-corrected chi connectivity index (χ1v) is 12.6. The van der Waals surface area contributed by atoms with Crippen LogP contribution < -0.4 is 19.1 Å². The number of sulfonamides is 1. The summed E-state index contributed by atoms with van der Waals surface area (Å²) < 4.78 is 39.2. The Bertz CT molecular complexity index is 1440. The third-order valence-corrected chi connectivity index (χ3v) is 7.33. The molecule has 0 atom stereocenters. The number of para-hydroxylation sites is 1. The summed E-state index contributed by atoms with van der Waals surface area (Å²) in [5.41, 5.74) is 2.51. The number of hydrogen-bond acceptors (Lipinski definition) is 5. The van der Waals surface area contributed by atoms with E-state index < -0.39 is 22.5 Å². The lowest BCUT2D eigenvalue weighted by Gasteiger charge is -2.26. The third kappa shape index (κ3) is 5.34. The van der Waals surface area contributed by atoms with E-state index in [2.05, 4.69) is 5.32 Å². The maximum Gasteiger partial charge on any atom is 0.264 e. The maximum absolute atomic E-state index is 13.7. The molecule has 0 aliphatic heterocycles. The lowest BCUT2D eigenvalue weighted by Crippen LogP contribution is -2.38. The Kier molecular flexibility index (Phi) is 7.56. The van der Waals surface area contributed by atoms with Crippen LogP contribution in [0.2, 0.25) is 0 Å². The summed E-state index contributed by atoms with van der Waals surface area (Å²) >= 11 is 0. The van der Waals surface area contributed by atoms with Crippen molar-refractivity contribution in [1.82, 2.24) is 0 Å². The molecule has 4 aromatic rings. The van der Waals surface area contributed by atoms with Crippen LogP contribution in [0.5, 0.6) is 11.5 Å². The quantitative estimate of drug-likeness (QED) is 0.340. The minimum Gasteiger partial charge on any atom is -0.497 e. The van der Waals surface area contributed by atoms with Gasteiger partial charge >= 0.3 is 0 Å². The average molecular weight is 503 g/mol. The van der Waals surface area contributed by atoms with Gasteiger partial charge in [0.1, 0.15) is 18.0 Å². The normalized spacial score (nSPS) is 10.9. The summed E-state index contributed by atoms with van der Waals surface area (Å²) in [7, 11) is -1.20. The van der Waals surface area contributed by atoms with Crippen LogP contribution in [-0.2, 0) is 14.8 Å². The molecular formula is C28H26N2O5S. The van der Waals surface area contributed by atoms with Gasteiger partial charge in [0.2, 0.25) is 5.91 Å². The number of anilines is 2. The molecule has 0 saturated carbocycles. The summed E-state index contributed by atoms with van der Waals surface area (Å²) in [6.07, 6.45) is 0. The Morgan fingerprint density at radius 3 is 2.11 bits per heavy atom. The predicted octanol–water partition coefficient (Wildman–Crippen LogP) is 5.20. The second-order valence-corrected chi connectivity index (χ2v) is 9.68. The van der Waals surface area contributed by atoms with Crippen molar-refractivity contribution in [3.05, 3.63) is 103 Å². The van der Waals surface area contributed by atoms with Crippen LogP contribution in [0.1, 0.15) is 0 Å². The number of nitrogens with zero attached hydrogens (tertiary/aromatic N) is 1. The van der Waals surface area contributed by atoms with E-state index in [1.54, 1.807) is 36.4 Å². The van der Waals surface area contributed by atoms with Gasteiger partial charge in [-0.3, -0.25) is 9.10 Å². The van der Waals surface area contributed by atoms with Gasteiger partial charge in [-0.25, -0.2) is 8.42 Å². The molecule has 0 spiro atoms. The molecule has 1 N–H and O–H groups in total. The van der Waals surface area contributed by atoms with Crippen molar-refractivity contribution in [2.75, 3.05) is 30.4 Å². The molecule has 0 bridgehead atoms. The number of methoxy groups -OCH3 is 2. The molecule has 4 aromatic carbocycles. The van der Waals surface area contributed by atoms with Crippen LogP contribution in [0.3, 0.4) is 0 Å². The van der Waals surface area contributed by atoms with Crippen molar-refractivity contribution in [2.45, 2.75) is 4.90 Å². The summed E-state index contributed by atoms with van der Waals surface area (Å²) in [5, 5.41) is 2.88. The van der Waals surface area contributed by atoms with Crippen LogP contribution in [-0.4, -0.2) is 35.1 Å². The van der Waals surface area contributed by atoms with E-state index in [1.165, 1.54) is 32.4 Å². The van der Waals surface area contributed by atoms with Crippen molar-refractivity contribution in [1.29, 1.82) is 0 Å². The Labute approximate surface area is 211 Å². The van der Waals surface area contributed by atoms with Crippen LogP contribution in [0, 0.1) is 0 Å². The lowest BCUT2D eigenvalue weighted by atomic mass is 10.0. The van der Waals surface area contributed by atoms with E-state index in [9.17, 15) is 13.2 Å². The van der Waals surface area contributed by atoms with E-state index >= 15 is 0 Å². The number of rotatable bonds is 9. The smallest absolute Gasteiger partial charge is 0.264 e. The molecule has 0 aromatic heterocycles. The second kappa shape index (κ2) is 11.0. The molecule has 0 aliphatic rings. The molecule has 0 radical (unpaired) electrons. The lowest BCUT2D eigenvalue weighted by molar-refractivity contribution is -0.114. The van der Waals surface area contributed by atoms with Gasteiger partial charge < -0.3 is 14.8 Å². The molecule has 0 saturated heterocycles. The topological polar surface area (TPSA) is 84.9 Å². The van der Waals surface area contributed by atoms with E-state index in [1.807, 2.05) is 48.5 Å². The van der Waals surface area contributed by atoms with E-state index in [-0.39, 0.29) is 16.3 Å². The molecular weight excluding hydrogens is 476 g/mol. The molecule has 4 rings (SSSR count). The SMILES string of the molecule is COc1ccc(OC)c(N(CC(=O)Nc2ccccc2-c2ccccc2)S(=O)(=O)c2ccccc2)c1. The Hall–Kier alpha value is -4.30. The van der Waals surface area contributed by atoms with Crippen molar-refractivity contribution >= 4 is 27.3 Å². The van der Waals surface area contributed by atoms with Crippen molar-refractivity contribution < 1.29 is 22.7 Å². The first-order chi connectivity index (χ1) is 17.4. The molecule has 1 amide bonds. The number of amides is 1. The molecule has 0 unspecified atom stereocenters. The zero-order chi connectivity index (χ0) is 25.5. The Morgan fingerprint density at radius 1 is 0.806 bits per heavy atom. The fraction of sp³-hybridized carbons (Fsp3) is 0.107. The summed E-state index contributed by atoms with van der Waals surface area (Å²) in [5.74, 6) is 0.199. The van der Waals surface area contributed by atoms with Gasteiger partial charge in [-0.15, -0.1) is 0 Å². The monoisotopic (exact) mass is 502 g/mol. The van der Waals surface area contributed by atoms with E-state index in [4.69, 9.17) is 9.47 Å². The molecule has 0 fully saturated rings. The van der Waals surface area contributed by atoms with Crippen LogP contribution in [0.15, 0.2) is 108 Å². The van der Waals surface area contributed by atoms with Crippen molar-refractivity contribution in [2.24, 2.45) is 0 Å². The van der Waals surface area contributed by atoms with Crippen LogP contribution >= 0.6 is 0 Å². The number of hydrogen-bond donors (Lipinski definition) is 1. The van der Waals surface area contributed by atoms with Gasteiger partial charge in [0.05, 0.1) is 24.8 Å². The average Bonchev–Trinajstić information content (AvgIpc) is 2.92. The first kappa shape index (κ1) is 24.8. The molecule has 36 heavy (non-hydrogen) atoms. The number of carbonyl (C=O) groups is 1. The fourth-order valence-electron chi connectivity index (χ4n) is 3.79. The zero-order valence-electron chi connectivity index (χ0n) is 19.9. The van der Waals surface area contributed by atoms with Crippen molar-refractivity contribution in [3.63, 3.8) is 0 Å². The zero-order valence-corrected chi connectivity index (χ0v) is 20.7. The molecule has 184 valence electrons. The molecule has 0 heterocycles. The van der Waals surface area contributed by atoms with Gasteiger partial charge in [-0.1, -0.05) is 66.7 Å². The minimum atomic E-state index is -4.12. The fourth-order valence-corrected chi connectivity index (χ4v) is 5.24. The number of carbonyl (C=O) groups excluding carboxylic acids is 1. The maximum atomic E-state index is 13.7. The highest BCUT2D eigenvalue weighted by molar-refractivity contribution is 7.92. The minimum absolute atomic E-state index is 0.0485. The molecule has 7 nitrogen and oxygen atoms in total. The number of nitrogens with one attached hydrogen (secondary N) is 1. The summed E-state index contributed by atoms with van der Waals surface area (Å²) in [4.78, 5) is 13.4. The Balaban J connectivity index is 1.73. The standard InChI is InChI=1S/C28H26N2O5S/c1-34-22-17-18-27(35-2)26(19-22)30(36(32,33)23-13-7-4-8-14-23)20-28(31)29-25-16-10-9-15-24(25)21-11-5-3-6-12-21/h3-19H,20H2,1-2H3,(H,29,31). The highest BCUT2D eigenvalue weighted by Gasteiger charge is 2.30. The van der Waals surface area contributed by atoms with Gasteiger partial charge in [0.25, 0.3) is 10.0 Å². The largest absolute Gasteiger partial charge is 0.497 e. The highest BCUT2D eigenvalue weighted by Crippen LogP contribution is 2.36.